The molecule has 2 amide bonds. The maximum absolute atomic E-state index is 12.1. The topological polar surface area (TPSA) is 98.2 Å². The second-order valence-corrected chi connectivity index (χ2v) is 6.45. The molecule has 116 valence electrons. The first-order valence-electron chi connectivity index (χ1n) is 6.89. The van der Waals surface area contributed by atoms with Crippen molar-refractivity contribution in [3.8, 4) is 0 Å². The van der Waals surface area contributed by atoms with E-state index >= 15 is 0 Å². The normalized spacial score (nSPS) is 13.8. The van der Waals surface area contributed by atoms with E-state index in [9.17, 15) is 9.59 Å². The summed E-state index contributed by atoms with van der Waals surface area (Å²) in [6.07, 6.45) is 0.915. The number of nitrogens with one attached hydrogen (secondary N) is 1. The Kier molecular flexibility index (Phi) is 6.84. The standard InChI is InChI=1S/C15H22BrN3O2/c1-9(2)7-13(14(18)20)19-15(21)12(17)8-10-3-5-11(16)6-4-10/h3-6,9,12-13H,7-8,17H2,1-2H3,(H2,18,20)(H,19,21)/t12?,13-/m0/s1. The van der Waals surface area contributed by atoms with Crippen LogP contribution in [-0.4, -0.2) is 23.9 Å². The largest absolute Gasteiger partial charge is 0.368 e. The van der Waals surface area contributed by atoms with Crippen molar-refractivity contribution in [3.05, 3.63) is 34.3 Å². The number of carbonyl (C=O) groups is 2. The van der Waals surface area contributed by atoms with Crippen molar-refractivity contribution in [2.24, 2.45) is 17.4 Å². The highest BCUT2D eigenvalue weighted by Crippen LogP contribution is 2.12. The summed E-state index contributed by atoms with van der Waals surface area (Å²) in [4.78, 5) is 23.4. The molecule has 2 atom stereocenters. The van der Waals surface area contributed by atoms with Gasteiger partial charge in [-0.1, -0.05) is 41.9 Å². The van der Waals surface area contributed by atoms with Gasteiger partial charge in [0.1, 0.15) is 6.04 Å². The Balaban J connectivity index is 2.60. The SMILES string of the molecule is CC(C)C[C@H](NC(=O)C(N)Cc1ccc(Br)cc1)C(N)=O. The summed E-state index contributed by atoms with van der Waals surface area (Å²) in [6, 6.07) is 6.21. The van der Waals surface area contributed by atoms with Gasteiger partial charge in [0.2, 0.25) is 11.8 Å². The highest BCUT2D eigenvalue weighted by molar-refractivity contribution is 9.10. The summed E-state index contributed by atoms with van der Waals surface area (Å²) in [5.74, 6) is -0.638. The fraction of sp³-hybridized carbons (Fsp3) is 0.467. The lowest BCUT2D eigenvalue weighted by Gasteiger charge is -2.20. The van der Waals surface area contributed by atoms with Gasteiger partial charge < -0.3 is 16.8 Å². The van der Waals surface area contributed by atoms with E-state index in [1.54, 1.807) is 0 Å². The van der Waals surface area contributed by atoms with Crippen molar-refractivity contribution in [2.45, 2.75) is 38.8 Å². The van der Waals surface area contributed by atoms with Gasteiger partial charge in [0.05, 0.1) is 6.04 Å². The molecule has 0 aliphatic heterocycles. The molecule has 0 aliphatic rings. The number of primary amides is 1. The van der Waals surface area contributed by atoms with E-state index in [0.717, 1.165) is 10.0 Å². The van der Waals surface area contributed by atoms with E-state index in [-0.39, 0.29) is 11.8 Å². The zero-order valence-electron chi connectivity index (χ0n) is 12.3. The number of hydrogen-bond acceptors (Lipinski definition) is 3. The van der Waals surface area contributed by atoms with E-state index in [4.69, 9.17) is 11.5 Å². The number of halogens is 1. The molecule has 5 nitrogen and oxygen atoms in total. The molecule has 0 saturated carbocycles. The Hall–Kier alpha value is -1.40. The molecular formula is C15H22BrN3O2. The average molecular weight is 356 g/mol. The Morgan fingerprint density at radius 1 is 1.24 bits per heavy atom. The third-order valence-corrected chi connectivity index (χ3v) is 3.60. The first-order chi connectivity index (χ1) is 9.79. The summed E-state index contributed by atoms with van der Waals surface area (Å²) in [6.45, 7) is 3.92. The molecule has 0 aliphatic carbocycles. The minimum Gasteiger partial charge on any atom is -0.368 e. The van der Waals surface area contributed by atoms with Crippen LogP contribution in [-0.2, 0) is 16.0 Å². The van der Waals surface area contributed by atoms with Gasteiger partial charge in [0, 0.05) is 4.47 Å². The number of carbonyl (C=O) groups excluding carboxylic acids is 2. The van der Waals surface area contributed by atoms with Crippen molar-refractivity contribution in [1.82, 2.24) is 5.32 Å². The molecule has 6 heteroatoms. The van der Waals surface area contributed by atoms with Crippen LogP contribution in [0.2, 0.25) is 0 Å². The summed E-state index contributed by atoms with van der Waals surface area (Å²) in [7, 11) is 0. The number of hydrogen-bond donors (Lipinski definition) is 3. The zero-order valence-corrected chi connectivity index (χ0v) is 13.9. The van der Waals surface area contributed by atoms with Crippen LogP contribution in [0.25, 0.3) is 0 Å². The third-order valence-electron chi connectivity index (χ3n) is 3.07. The highest BCUT2D eigenvalue weighted by atomic mass is 79.9. The smallest absolute Gasteiger partial charge is 0.240 e. The second-order valence-electron chi connectivity index (χ2n) is 5.53. The fourth-order valence-corrected chi connectivity index (χ4v) is 2.23. The summed E-state index contributed by atoms with van der Waals surface area (Å²) in [5.41, 5.74) is 12.2. The van der Waals surface area contributed by atoms with Crippen molar-refractivity contribution in [1.29, 1.82) is 0 Å². The van der Waals surface area contributed by atoms with Gasteiger partial charge in [-0.25, -0.2) is 0 Å². The maximum Gasteiger partial charge on any atom is 0.240 e. The first kappa shape index (κ1) is 17.7. The van der Waals surface area contributed by atoms with Crippen LogP contribution in [0.3, 0.4) is 0 Å². The molecular weight excluding hydrogens is 334 g/mol. The van der Waals surface area contributed by atoms with Gasteiger partial charge in [-0.05, 0) is 36.5 Å². The summed E-state index contributed by atoms with van der Waals surface area (Å²) in [5, 5.41) is 2.63. The Labute approximate surface area is 133 Å². The van der Waals surface area contributed by atoms with Gasteiger partial charge in [0.25, 0.3) is 0 Å². The molecule has 1 unspecified atom stereocenters. The van der Waals surface area contributed by atoms with Crippen LogP contribution >= 0.6 is 15.9 Å². The van der Waals surface area contributed by atoms with Crippen LogP contribution in [0.15, 0.2) is 28.7 Å². The number of benzene rings is 1. The Morgan fingerprint density at radius 3 is 2.29 bits per heavy atom. The van der Waals surface area contributed by atoms with E-state index in [2.05, 4.69) is 21.2 Å². The van der Waals surface area contributed by atoms with Crippen molar-refractivity contribution in [3.63, 3.8) is 0 Å². The lowest BCUT2D eigenvalue weighted by molar-refractivity contribution is -0.128. The molecule has 1 aromatic carbocycles. The van der Waals surface area contributed by atoms with Gasteiger partial charge >= 0.3 is 0 Å². The van der Waals surface area contributed by atoms with Crippen LogP contribution in [0.4, 0.5) is 0 Å². The number of amides is 2. The van der Waals surface area contributed by atoms with Gasteiger partial charge in [-0.2, -0.15) is 0 Å². The van der Waals surface area contributed by atoms with Gasteiger partial charge in [0.15, 0.2) is 0 Å². The second kappa shape index (κ2) is 8.14. The van der Waals surface area contributed by atoms with E-state index in [0.29, 0.717) is 12.8 Å². The van der Waals surface area contributed by atoms with Gasteiger partial charge in [-0.3, -0.25) is 9.59 Å². The molecule has 0 saturated heterocycles. The van der Waals surface area contributed by atoms with Gasteiger partial charge in [-0.15, -0.1) is 0 Å². The minimum atomic E-state index is -0.708. The summed E-state index contributed by atoms with van der Waals surface area (Å²) >= 11 is 3.35. The van der Waals surface area contributed by atoms with E-state index in [1.807, 2.05) is 38.1 Å². The van der Waals surface area contributed by atoms with Crippen LogP contribution in [0.5, 0.6) is 0 Å². The minimum absolute atomic E-state index is 0.255. The number of nitrogens with two attached hydrogens (primary N) is 2. The molecule has 1 rings (SSSR count). The van der Waals surface area contributed by atoms with Crippen LogP contribution in [0, 0.1) is 5.92 Å². The maximum atomic E-state index is 12.1. The Bertz CT molecular complexity index is 488. The highest BCUT2D eigenvalue weighted by Gasteiger charge is 2.22. The monoisotopic (exact) mass is 355 g/mol. The van der Waals surface area contributed by atoms with Crippen LogP contribution in [0.1, 0.15) is 25.8 Å². The predicted molar refractivity (Wildman–Crippen MR) is 86.4 cm³/mol. The Morgan fingerprint density at radius 2 is 1.81 bits per heavy atom. The van der Waals surface area contributed by atoms with Crippen molar-refractivity contribution in [2.75, 3.05) is 0 Å². The quantitative estimate of drug-likeness (QED) is 0.688. The molecule has 0 heterocycles. The molecule has 21 heavy (non-hydrogen) atoms. The third kappa shape index (κ3) is 6.27. The summed E-state index contributed by atoms with van der Waals surface area (Å²) < 4.78 is 0.968. The lowest BCUT2D eigenvalue weighted by Crippen LogP contribution is -2.51. The average Bonchev–Trinajstić information content (AvgIpc) is 2.39. The molecule has 0 fully saturated rings. The molecule has 0 bridgehead atoms. The molecule has 0 radical (unpaired) electrons. The molecule has 5 N–H and O–H groups in total. The predicted octanol–water partition coefficient (Wildman–Crippen LogP) is 1.34. The fourth-order valence-electron chi connectivity index (χ4n) is 1.96. The first-order valence-corrected chi connectivity index (χ1v) is 7.68. The molecule has 1 aromatic rings. The molecule has 0 aromatic heterocycles. The molecule has 0 spiro atoms. The van der Waals surface area contributed by atoms with E-state index in [1.165, 1.54) is 0 Å². The van der Waals surface area contributed by atoms with Crippen molar-refractivity contribution < 1.29 is 9.59 Å². The van der Waals surface area contributed by atoms with Crippen LogP contribution < -0.4 is 16.8 Å². The number of rotatable bonds is 7. The van der Waals surface area contributed by atoms with E-state index < -0.39 is 18.0 Å². The zero-order chi connectivity index (χ0) is 16.0. The van der Waals surface area contributed by atoms with Crippen molar-refractivity contribution >= 4 is 27.7 Å². The lowest BCUT2D eigenvalue weighted by atomic mass is 10.0.